The highest BCUT2D eigenvalue weighted by Gasteiger charge is 2.33. The van der Waals surface area contributed by atoms with Crippen LogP contribution in [0.5, 0.6) is 0 Å². The van der Waals surface area contributed by atoms with Crippen LogP contribution in [0.4, 0.5) is 0 Å². The summed E-state index contributed by atoms with van der Waals surface area (Å²) in [4.78, 5) is 17.1. The van der Waals surface area contributed by atoms with E-state index in [9.17, 15) is 4.79 Å². The third kappa shape index (κ3) is 3.44. The Balaban J connectivity index is 2.03. The lowest BCUT2D eigenvalue weighted by atomic mass is 10.0. The topological polar surface area (TPSA) is 49.6 Å². The monoisotopic (exact) mass is 369 g/mol. The van der Waals surface area contributed by atoms with Crippen molar-refractivity contribution in [3.63, 3.8) is 0 Å². The first-order valence-corrected chi connectivity index (χ1v) is 8.13. The number of benzene rings is 1. The molecular formula is C15H20BrN3OS. The van der Waals surface area contributed by atoms with E-state index in [4.69, 9.17) is 18.0 Å². The van der Waals surface area contributed by atoms with E-state index in [0.717, 1.165) is 17.6 Å². The molecule has 1 fully saturated rings. The molecule has 0 aromatic heterocycles. The predicted octanol–water partition coefficient (Wildman–Crippen LogP) is 2.27. The molecule has 114 valence electrons. The number of carbonyl (C=O) groups is 1. The standard InChI is InChI=1S/C15H20BrN3OS/c1-15(2,14(17)21)19-9-7-18(8-10-19)13(20)11-5-3-4-6-12(11)16/h3-6H,7-10H2,1-2H3,(H2,17,21). The van der Waals surface area contributed by atoms with Gasteiger partial charge in [0.2, 0.25) is 0 Å². The van der Waals surface area contributed by atoms with Gasteiger partial charge in [-0.1, -0.05) is 24.4 Å². The quantitative estimate of drug-likeness (QED) is 0.830. The van der Waals surface area contributed by atoms with Crippen molar-refractivity contribution in [1.29, 1.82) is 0 Å². The molecule has 1 aliphatic heterocycles. The summed E-state index contributed by atoms with van der Waals surface area (Å²) in [6.07, 6.45) is 0. The summed E-state index contributed by atoms with van der Waals surface area (Å²) >= 11 is 8.57. The van der Waals surface area contributed by atoms with Gasteiger partial charge in [-0.15, -0.1) is 0 Å². The summed E-state index contributed by atoms with van der Waals surface area (Å²) in [7, 11) is 0. The lowest BCUT2D eigenvalue weighted by Gasteiger charge is -2.43. The van der Waals surface area contributed by atoms with Gasteiger partial charge in [-0.25, -0.2) is 0 Å². The van der Waals surface area contributed by atoms with Crippen molar-refractivity contribution < 1.29 is 4.79 Å². The second-order valence-electron chi connectivity index (χ2n) is 5.68. The molecule has 1 amide bonds. The molecule has 1 aromatic rings. The number of hydrogen-bond donors (Lipinski definition) is 1. The number of nitrogens with zero attached hydrogens (tertiary/aromatic N) is 2. The Hall–Kier alpha value is -0.980. The normalized spacial score (nSPS) is 16.8. The van der Waals surface area contributed by atoms with Gasteiger partial charge in [-0.05, 0) is 41.9 Å². The van der Waals surface area contributed by atoms with Gasteiger partial charge in [0.15, 0.2) is 0 Å². The Morgan fingerprint density at radius 2 is 1.81 bits per heavy atom. The number of hydrogen-bond acceptors (Lipinski definition) is 3. The van der Waals surface area contributed by atoms with Gasteiger partial charge in [0, 0.05) is 30.7 Å². The van der Waals surface area contributed by atoms with E-state index in [-0.39, 0.29) is 11.4 Å². The van der Waals surface area contributed by atoms with Crippen molar-refractivity contribution in [3.05, 3.63) is 34.3 Å². The van der Waals surface area contributed by atoms with Crippen LogP contribution in [-0.4, -0.2) is 52.4 Å². The molecule has 0 bridgehead atoms. The van der Waals surface area contributed by atoms with Gasteiger partial charge < -0.3 is 10.6 Å². The lowest BCUT2D eigenvalue weighted by Crippen LogP contribution is -2.59. The van der Waals surface area contributed by atoms with E-state index in [1.165, 1.54) is 0 Å². The van der Waals surface area contributed by atoms with Gasteiger partial charge in [0.05, 0.1) is 16.1 Å². The van der Waals surface area contributed by atoms with E-state index in [1.54, 1.807) is 0 Å². The number of thiocarbonyl (C=S) groups is 1. The molecule has 1 saturated heterocycles. The average Bonchev–Trinajstić information content (AvgIpc) is 2.47. The van der Waals surface area contributed by atoms with Crippen molar-refractivity contribution in [3.8, 4) is 0 Å². The van der Waals surface area contributed by atoms with Gasteiger partial charge in [-0.2, -0.15) is 0 Å². The Labute approximate surface area is 139 Å². The number of nitrogens with two attached hydrogens (primary N) is 1. The van der Waals surface area contributed by atoms with Crippen molar-refractivity contribution >= 4 is 39.0 Å². The van der Waals surface area contributed by atoms with E-state index in [2.05, 4.69) is 20.8 Å². The van der Waals surface area contributed by atoms with E-state index in [1.807, 2.05) is 43.0 Å². The third-order valence-corrected chi connectivity index (χ3v) is 5.26. The predicted molar refractivity (Wildman–Crippen MR) is 92.5 cm³/mol. The Bertz CT molecular complexity index is 554. The largest absolute Gasteiger partial charge is 0.392 e. The van der Waals surface area contributed by atoms with Crippen molar-refractivity contribution in [2.24, 2.45) is 5.73 Å². The summed E-state index contributed by atoms with van der Waals surface area (Å²) in [6, 6.07) is 7.52. The molecule has 1 heterocycles. The van der Waals surface area contributed by atoms with E-state index >= 15 is 0 Å². The molecule has 2 rings (SSSR count). The van der Waals surface area contributed by atoms with Crippen LogP contribution in [0.15, 0.2) is 28.7 Å². The van der Waals surface area contributed by atoms with Crippen molar-refractivity contribution in [2.75, 3.05) is 26.2 Å². The second kappa shape index (κ2) is 6.42. The van der Waals surface area contributed by atoms with Crippen LogP contribution in [-0.2, 0) is 0 Å². The van der Waals surface area contributed by atoms with Gasteiger partial charge in [0.1, 0.15) is 0 Å². The molecule has 0 radical (unpaired) electrons. The fraction of sp³-hybridized carbons (Fsp3) is 0.467. The second-order valence-corrected chi connectivity index (χ2v) is 6.98. The smallest absolute Gasteiger partial charge is 0.255 e. The highest BCUT2D eigenvalue weighted by Crippen LogP contribution is 2.21. The summed E-state index contributed by atoms with van der Waals surface area (Å²) in [5, 5.41) is 0. The molecule has 4 nitrogen and oxygen atoms in total. The Morgan fingerprint density at radius 1 is 1.24 bits per heavy atom. The fourth-order valence-electron chi connectivity index (χ4n) is 2.43. The molecule has 0 unspecified atom stereocenters. The number of rotatable bonds is 3. The van der Waals surface area contributed by atoms with Crippen LogP contribution >= 0.6 is 28.1 Å². The Morgan fingerprint density at radius 3 is 2.33 bits per heavy atom. The van der Waals surface area contributed by atoms with Crippen LogP contribution < -0.4 is 5.73 Å². The Kier molecular flexibility index (Phi) is 5.01. The minimum absolute atomic E-state index is 0.0651. The third-order valence-electron chi connectivity index (χ3n) is 4.06. The minimum Gasteiger partial charge on any atom is -0.392 e. The minimum atomic E-state index is -0.308. The average molecular weight is 370 g/mol. The zero-order valence-corrected chi connectivity index (χ0v) is 14.7. The first kappa shape index (κ1) is 16.4. The van der Waals surface area contributed by atoms with Crippen molar-refractivity contribution in [2.45, 2.75) is 19.4 Å². The number of halogens is 1. The molecule has 0 spiro atoms. The van der Waals surface area contributed by atoms with Crippen LogP contribution in [0.1, 0.15) is 24.2 Å². The summed E-state index contributed by atoms with van der Waals surface area (Å²) in [5.41, 5.74) is 6.21. The highest BCUT2D eigenvalue weighted by atomic mass is 79.9. The SMILES string of the molecule is CC(C)(C(N)=S)N1CCN(C(=O)c2ccccc2Br)CC1. The highest BCUT2D eigenvalue weighted by molar-refractivity contribution is 9.10. The van der Waals surface area contributed by atoms with Gasteiger partial charge >= 0.3 is 0 Å². The van der Waals surface area contributed by atoms with Crippen LogP contribution in [0.3, 0.4) is 0 Å². The van der Waals surface area contributed by atoms with Crippen LogP contribution in [0.2, 0.25) is 0 Å². The molecule has 0 aliphatic carbocycles. The van der Waals surface area contributed by atoms with Crippen molar-refractivity contribution in [1.82, 2.24) is 9.80 Å². The molecule has 0 saturated carbocycles. The molecule has 21 heavy (non-hydrogen) atoms. The van der Waals surface area contributed by atoms with Crippen LogP contribution in [0.25, 0.3) is 0 Å². The maximum Gasteiger partial charge on any atom is 0.255 e. The van der Waals surface area contributed by atoms with E-state index in [0.29, 0.717) is 23.6 Å². The molecular weight excluding hydrogens is 350 g/mol. The summed E-state index contributed by atoms with van der Waals surface area (Å²) in [5.74, 6) is 0.0651. The first-order valence-electron chi connectivity index (χ1n) is 6.93. The maximum atomic E-state index is 12.5. The summed E-state index contributed by atoms with van der Waals surface area (Å²) in [6.45, 7) is 6.99. The number of amides is 1. The lowest BCUT2D eigenvalue weighted by molar-refractivity contribution is 0.0539. The summed E-state index contributed by atoms with van der Waals surface area (Å²) < 4.78 is 0.834. The zero-order chi connectivity index (χ0) is 15.6. The van der Waals surface area contributed by atoms with Gasteiger partial charge in [0.25, 0.3) is 5.91 Å². The molecule has 1 aliphatic rings. The molecule has 2 N–H and O–H groups in total. The zero-order valence-electron chi connectivity index (χ0n) is 12.3. The fourth-order valence-corrected chi connectivity index (χ4v) is 3.01. The molecule has 0 atom stereocenters. The maximum absolute atomic E-state index is 12.5. The number of piperazine rings is 1. The number of carbonyl (C=O) groups excluding carboxylic acids is 1. The van der Waals surface area contributed by atoms with Gasteiger partial charge in [-0.3, -0.25) is 9.69 Å². The molecule has 1 aromatic carbocycles. The molecule has 6 heteroatoms. The van der Waals surface area contributed by atoms with Crippen LogP contribution in [0, 0.1) is 0 Å². The van der Waals surface area contributed by atoms with E-state index < -0.39 is 0 Å². The first-order chi connectivity index (χ1) is 9.84.